The van der Waals surface area contributed by atoms with Gasteiger partial charge in [-0.05, 0) is 25.4 Å². The van der Waals surface area contributed by atoms with Gasteiger partial charge >= 0.3 is 0 Å². The molecular weight excluding hydrogens is 314 g/mol. The van der Waals surface area contributed by atoms with Crippen molar-refractivity contribution in [2.24, 2.45) is 0 Å². The van der Waals surface area contributed by atoms with E-state index in [0.29, 0.717) is 24.4 Å². The van der Waals surface area contributed by atoms with Crippen molar-refractivity contribution in [1.82, 2.24) is 15.0 Å². The minimum atomic E-state index is -3.44. The van der Waals surface area contributed by atoms with E-state index in [4.69, 9.17) is 0 Å². The number of rotatable bonds is 7. The van der Waals surface area contributed by atoms with Gasteiger partial charge in [0.05, 0.1) is 9.90 Å². The van der Waals surface area contributed by atoms with Gasteiger partial charge in [0.2, 0.25) is 10.0 Å². The number of nitrogens with zero attached hydrogens (tertiary/aromatic N) is 1. The van der Waals surface area contributed by atoms with Crippen molar-refractivity contribution in [3.8, 4) is 0 Å². The average molecular weight is 331 g/mol. The van der Waals surface area contributed by atoms with E-state index in [9.17, 15) is 8.42 Å². The Morgan fingerprint density at radius 2 is 2.15 bits per heavy atom. The molecule has 5 nitrogen and oxygen atoms in total. The van der Waals surface area contributed by atoms with E-state index in [2.05, 4.69) is 15.0 Å². The number of aromatic nitrogens is 1. The highest BCUT2D eigenvalue weighted by molar-refractivity contribution is 7.89. The van der Waals surface area contributed by atoms with Crippen LogP contribution in [0.15, 0.2) is 21.7 Å². The lowest BCUT2D eigenvalue weighted by atomic mass is 10.4. The van der Waals surface area contributed by atoms with Crippen molar-refractivity contribution < 1.29 is 8.42 Å². The molecule has 0 aliphatic rings. The van der Waals surface area contributed by atoms with Crippen LogP contribution in [0.1, 0.15) is 15.6 Å². The Hall–Kier alpha value is -0.800. The number of hydrogen-bond donors (Lipinski definition) is 2. The van der Waals surface area contributed by atoms with Gasteiger partial charge in [-0.1, -0.05) is 0 Å². The molecule has 0 saturated heterocycles. The molecule has 2 aromatic rings. The maximum atomic E-state index is 12.2. The lowest BCUT2D eigenvalue weighted by Gasteiger charge is -2.06. The minimum absolute atomic E-state index is 0.365. The summed E-state index contributed by atoms with van der Waals surface area (Å²) in [6, 6.07) is 1.65. The molecule has 0 bridgehead atoms. The van der Waals surface area contributed by atoms with Gasteiger partial charge in [0.1, 0.15) is 0 Å². The zero-order chi connectivity index (χ0) is 14.6. The fourth-order valence-electron chi connectivity index (χ4n) is 1.75. The van der Waals surface area contributed by atoms with Crippen LogP contribution >= 0.6 is 22.7 Å². The second-order valence-corrected chi connectivity index (χ2v) is 7.95. The second-order valence-electron chi connectivity index (χ2n) is 4.27. The van der Waals surface area contributed by atoms with Crippen LogP contribution in [0.25, 0.3) is 0 Å². The van der Waals surface area contributed by atoms with E-state index in [0.717, 1.165) is 15.6 Å². The van der Waals surface area contributed by atoms with Crippen molar-refractivity contribution in [3.63, 3.8) is 0 Å². The molecule has 0 fully saturated rings. The normalized spacial score (nSPS) is 11.9. The highest BCUT2D eigenvalue weighted by atomic mass is 32.2. The van der Waals surface area contributed by atoms with Crippen LogP contribution < -0.4 is 10.0 Å². The SMILES string of the molecule is CNCc1sccc1S(=O)(=O)NCCc1nc(C)cs1. The van der Waals surface area contributed by atoms with Crippen LogP contribution in [0.3, 0.4) is 0 Å². The predicted molar refractivity (Wildman–Crippen MR) is 82.8 cm³/mol. The molecule has 0 aliphatic carbocycles. The van der Waals surface area contributed by atoms with Gasteiger partial charge < -0.3 is 5.32 Å². The van der Waals surface area contributed by atoms with Crippen molar-refractivity contribution in [3.05, 3.63) is 32.4 Å². The molecule has 2 rings (SSSR count). The summed E-state index contributed by atoms with van der Waals surface area (Å²) in [5, 5.41) is 7.69. The van der Waals surface area contributed by atoms with Crippen molar-refractivity contribution >= 4 is 32.7 Å². The van der Waals surface area contributed by atoms with Crippen LogP contribution in [0.2, 0.25) is 0 Å². The van der Waals surface area contributed by atoms with E-state index in [1.807, 2.05) is 12.3 Å². The molecule has 0 aromatic carbocycles. The fourth-order valence-corrected chi connectivity index (χ4v) is 5.01. The monoisotopic (exact) mass is 331 g/mol. The number of thiophene rings is 1. The Kier molecular flexibility index (Phi) is 5.28. The summed E-state index contributed by atoms with van der Waals surface area (Å²) < 4.78 is 27.1. The topological polar surface area (TPSA) is 71.1 Å². The van der Waals surface area contributed by atoms with Gasteiger partial charge in [-0.25, -0.2) is 18.1 Å². The van der Waals surface area contributed by atoms with Crippen molar-refractivity contribution in [2.45, 2.75) is 24.8 Å². The van der Waals surface area contributed by atoms with Crippen LogP contribution in [0.5, 0.6) is 0 Å². The van der Waals surface area contributed by atoms with E-state index < -0.39 is 10.0 Å². The van der Waals surface area contributed by atoms with Gasteiger partial charge in [-0.15, -0.1) is 22.7 Å². The van der Waals surface area contributed by atoms with E-state index in [1.54, 1.807) is 29.8 Å². The van der Waals surface area contributed by atoms with E-state index >= 15 is 0 Å². The number of thiazole rings is 1. The van der Waals surface area contributed by atoms with Gasteiger partial charge in [-0.3, -0.25) is 0 Å². The molecular formula is C12H17N3O2S3. The molecule has 0 amide bonds. The standard InChI is InChI=1S/C12H17N3O2S3/c1-9-8-19-12(15-9)3-5-14-20(16,17)11-4-6-18-10(11)7-13-2/h4,6,8,13-14H,3,5,7H2,1-2H3. The fraction of sp³-hybridized carbons (Fsp3) is 0.417. The van der Waals surface area contributed by atoms with Crippen molar-refractivity contribution in [1.29, 1.82) is 0 Å². The van der Waals surface area contributed by atoms with Crippen LogP contribution in [0.4, 0.5) is 0 Å². The number of nitrogens with one attached hydrogen (secondary N) is 2. The van der Waals surface area contributed by atoms with Crippen LogP contribution in [-0.2, 0) is 23.0 Å². The summed E-state index contributed by atoms with van der Waals surface area (Å²) in [5.41, 5.74) is 0.974. The van der Waals surface area contributed by atoms with E-state index in [-0.39, 0.29) is 0 Å². The summed E-state index contributed by atoms with van der Waals surface area (Å²) in [5.74, 6) is 0. The molecule has 2 N–H and O–H groups in total. The summed E-state index contributed by atoms with van der Waals surface area (Å²) in [6.07, 6.45) is 0.614. The molecule has 0 atom stereocenters. The Bertz CT molecular complexity index is 661. The quantitative estimate of drug-likeness (QED) is 0.811. The Morgan fingerprint density at radius 1 is 1.35 bits per heavy atom. The number of sulfonamides is 1. The highest BCUT2D eigenvalue weighted by Gasteiger charge is 2.18. The largest absolute Gasteiger partial charge is 0.315 e. The van der Waals surface area contributed by atoms with Crippen LogP contribution in [-0.4, -0.2) is 27.0 Å². The van der Waals surface area contributed by atoms with E-state index in [1.165, 1.54) is 11.3 Å². The summed E-state index contributed by atoms with van der Waals surface area (Å²) >= 11 is 3.00. The molecule has 2 aromatic heterocycles. The molecule has 0 aliphatic heterocycles. The molecule has 2 heterocycles. The zero-order valence-electron chi connectivity index (χ0n) is 11.3. The lowest BCUT2D eigenvalue weighted by molar-refractivity contribution is 0.580. The molecule has 0 radical (unpaired) electrons. The maximum absolute atomic E-state index is 12.2. The third-order valence-electron chi connectivity index (χ3n) is 2.63. The second kappa shape index (κ2) is 6.77. The lowest BCUT2D eigenvalue weighted by Crippen LogP contribution is -2.26. The Balaban J connectivity index is 1.98. The number of aryl methyl sites for hydroxylation is 1. The first-order chi connectivity index (χ1) is 9.53. The number of hydrogen-bond acceptors (Lipinski definition) is 6. The summed E-state index contributed by atoms with van der Waals surface area (Å²) in [6.45, 7) is 2.85. The average Bonchev–Trinajstić information content (AvgIpc) is 2.99. The first-order valence-corrected chi connectivity index (χ1v) is 9.39. The van der Waals surface area contributed by atoms with Crippen LogP contribution in [0, 0.1) is 6.92 Å². The Morgan fingerprint density at radius 3 is 2.80 bits per heavy atom. The highest BCUT2D eigenvalue weighted by Crippen LogP contribution is 2.21. The summed E-state index contributed by atoms with van der Waals surface area (Å²) in [4.78, 5) is 5.51. The molecule has 8 heteroatoms. The predicted octanol–water partition coefficient (Wildman–Crippen LogP) is 1.75. The summed E-state index contributed by atoms with van der Waals surface area (Å²) in [7, 11) is -1.64. The molecule has 0 saturated carbocycles. The third-order valence-corrected chi connectivity index (χ3v) is 6.25. The third kappa shape index (κ3) is 3.86. The molecule has 20 heavy (non-hydrogen) atoms. The van der Waals surface area contributed by atoms with Crippen molar-refractivity contribution in [2.75, 3.05) is 13.6 Å². The Labute approximate surface area is 127 Å². The first-order valence-electron chi connectivity index (χ1n) is 6.14. The first kappa shape index (κ1) is 15.6. The van der Waals surface area contributed by atoms with Gasteiger partial charge in [0.15, 0.2) is 0 Å². The van der Waals surface area contributed by atoms with Gasteiger partial charge in [0, 0.05) is 35.5 Å². The maximum Gasteiger partial charge on any atom is 0.241 e. The molecule has 0 unspecified atom stereocenters. The molecule has 110 valence electrons. The molecule has 0 spiro atoms. The minimum Gasteiger partial charge on any atom is -0.315 e. The zero-order valence-corrected chi connectivity index (χ0v) is 13.8. The van der Waals surface area contributed by atoms with Gasteiger partial charge in [-0.2, -0.15) is 0 Å². The van der Waals surface area contributed by atoms with Gasteiger partial charge in [0.25, 0.3) is 0 Å². The smallest absolute Gasteiger partial charge is 0.241 e.